The number of aryl methyl sites for hydroxylation is 1. The second-order valence-corrected chi connectivity index (χ2v) is 6.57. The summed E-state index contributed by atoms with van der Waals surface area (Å²) in [6.07, 6.45) is 2.94. The maximum absolute atomic E-state index is 5.49. The zero-order valence-electron chi connectivity index (χ0n) is 15.8. The molecule has 4 rings (SSSR count). The maximum atomic E-state index is 5.49. The van der Waals surface area contributed by atoms with Gasteiger partial charge in [0.1, 0.15) is 5.65 Å². The van der Waals surface area contributed by atoms with Gasteiger partial charge in [-0.25, -0.2) is 4.98 Å². The van der Waals surface area contributed by atoms with Crippen molar-refractivity contribution < 1.29 is 9.47 Å². The van der Waals surface area contributed by atoms with Gasteiger partial charge in [0, 0.05) is 18.2 Å². The van der Waals surface area contributed by atoms with E-state index in [2.05, 4.69) is 53.9 Å². The SMILES string of the molecule is COc1ccc(-c2nc3ccc(C)cn3c2Cc2ccccc2)cc1OC. The van der Waals surface area contributed by atoms with E-state index in [-0.39, 0.29) is 0 Å². The van der Waals surface area contributed by atoms with Crippen LogP contribution in [0.3, 0.4) is 0 Å². The van der Waals surface area contributed by atoms with Crippen molar-refractivity contribution in [2.75, 3.05) is 14.2 Å². The summed E-state index contributed by atoms with van der Waals surface area (Å²) in [5.41, 5.74) is 6.53. The number of hydrogen-bond donors (Lipinski definition) is 0. The van der Waals surface area contributed by atoms with E-state index in [9.17, 15) is 0 Å². The Balaban J connectivity index is 1.90. The molecule has 0 spiro atoms. The van der Waals surface area contributed by atoms with Gasteiger partial charge in [-0.05, 0) is 42.3 Å². The van der Waals surface area contributed by atoms with E-state index in [4.69, 9.17) is 14.5 Å². The lowest BCUT2D eigenvalue weighted by Gasteiger charge is -2.10. The van der Waals surface area contributed by atoms with Crippen molar-refractivity contribution in [1.82, 2.24) is 9.38 Å². The van der Waals surface area contributed by atoms with Gasteiger partial charge in [-0.1, -0.05) is 36.4 Å². The number of benzene rings is 2. The summed E-state index contributed by atoms with van der Waals surface area (Å²) in [7, 11) is 3.30. The molecular formula is C23H22N2O2. The van der Waals surface area contributed by atoms with Crippen LogP contribution in [0.4, 0.5) is 0 Å². The van der Waals surface area contributed by atoms with Crippen molar-refractivity contribution in [3.05, 3.63) is 83.7 Å². The maximum Gasteiger partial charge on any atom is 0.161 e. The Bertz CT molecular complexity index is 1080. The molecule has 4 aromatic rings. The van der Waals surface area contributed by atoms with Gasteiger partial charge in [-0.15, -0.1) is 0 Å². The molecule has 0 bridgehead atoms. The number of nitrogens with zero attached hydrogens (tertiary/aromatic N) is 2. The second kappa shape index (κ2) is 7.16. The lowest BCUT2D eigenvalue weighted by Crippen LogP contribution is -1.98. The molecule has 0 saturated heterocycles. The number of methoxy groups -OCH3 is 2. The minimum Gasteiger partial charge on any atom is -0.493 e. The number of fused-ring (bicyclic) bond motifs is 1. The van der Waals surface area contributed by atoms with Crippen LogP contribution in [0.5, 0.6) is 11.5 Å². The van der Waals surface area contributed by atoms with E-state index < -0.39 is 0 Å². The Hall–Kier alpha value is -3.27. The third-order valence-electron chi connectivity index (χ3n) is 4.74. The molecule has 0 aliphatic heterocycles. The van der Waals surface area contributed by atoms with Crippen molar-refractivity contribution in [3.8, 4) is 22.8 Å². The van der Waals surface area contributed by atoms with Crippen molar-refractivity contribution in [2.24, 2.45) is 0 Å². The van der Waals surface area contributed by atoms with Crippen LogP contribution in [0, 0.1) is 6.92 Å². The first kappa shape index (κ1) is 17.2. The number of ether oxygens (including phenoxy) is 2. The molecule has 136 valence electrons. The fourth-order valence-electron chi connectivity index (χ4n) is 3.37. The Labute approximate surface area is 159 Å². The van der Waals surface area contributed by atoms with Gasteiger partial charge in [0.25, 0.3) is 0 Å². The highest BCUT2D eigenvalue weighted by molar-refractivity contribution is 5.70. The van der Waals surface area contributed by atoms with Crippen LogP contribution in [-0.2, 0) is 6.42 Å². The molecular weight excluding hydrogens is 336 g/mol. The molecule has 2 heterocycles. The largest absolute Gasteiger partial charge is 0.493 e. The second-order valence-electron chi connectivity index (χ2n) is 6.57. The van der Waals surface area contributed by atoms with Gasteiger partial charge in [-0.3, -0.25) is 0 Å². The molecule has 4 nitrogen and oxygen atoms in total. The van der Waals surface area contributed by atoms with Crippen LogP contribution in [0.2, 0.25) is 0 Å². The number of pyridine rings is 1. The third-order valence-corrected chi connectivity index (χ3v) is 4.74. The summed E-state index contributed by atoms with van der Waals surface area (Å²) >= 11 is 0. The number of aromatic nitrogens is 2. The zero-order valence-corrected chi connectivity index (χ0v) is 15.8. The van der Waals surface area contributed by atoms with Gasteiger partial charge in [0.05, 0.1) is 25.6 Å². The van der Waals surface area contributed by atoms with Gasteiger partial charge in [0.15, 0.2) is 11.5 Å². The molecule has 0 aliphatic carbocycles. The molecule has 0 N–H and O–H groups in total. The lowest BCUT2D eigenvalue weighted by atomic mass is 10.0. The minimum atomic E-state index is 0.703. The molecule has 4 heteroatoms. The van der Waals surface area contributed by atoms with E-state index in [0.29, 0.717) is 11.5 Å². The third kappa shape index (κ3) is 3.26. The molecule has 0 saturated carbocycles. The minimum absolute atomic E-state index is 0.703. The Morgan fingerprint density at radius 3 is 2.41 bits per heavy atom. The summed E-state index contributed by atoms with van der Waals surface area (Å²) in [4.78, 5) is 4.92. The first-order valence-electron chi connectivity index (χ1n) is 8.93. The topological polar surface area (TPSA) is 35.8 Å². The normalized spacial score (nSPS) is 10.9. The standard InChI is InChI=1S/C23H22N2O2/c1-16-9-12-22-24-23(18-10-11-20(26-2)21(14-18)27-3)19(25(22)15-16)13-17-7-5-4-6-8-17/h4-12,14-15H,13H2,1-3H3. The van der Waals surface area contributed by atoms with Crippen LogP contribution in [0.1, 0.15) is 16.8 Å². The number of rotatable bonds is 5. The predicted molar refractivity (Wildman–Crippen MR) is 108 cm³/mol. The zero-order chi connectivity index (χ0) is 18.8. The highest BCUT2D eigenvalue weighted by Crippen LogP contribution is 2.34. The van der Waals surface area contributed by atoms with E-state index in [1.165, 1.54) is 11.1 Å². The summed E-state index contributed by atoms with van der Waals surface area (Å²) in [5, 5.41) is 0. The first-order chi connectivity index (χ1) is 13.2. The Morgan fingerprint density at radius 2 is 1.67 bits per heavy atom. The molecule has 0 radical (unpaired) electrons. The average molecular weight is 358 g/mol. The van der Waals surface area contributed by atoms with Crippen molar-refractivity contribution in [2.45, 2.75) is 13.3 Å². The quantitative estimate of drug-likeness (QED) is 0.508. The number of imidazole rings is 1. The van der Waals surface area contributed by atoms with Crippen LogP contribution in [0.25, 0.3) is 16.9 Å². The van der Waals surface area contributed by atoms with E-state index in [1.807, 2.05) is 24.3 Å². The van der Waals surface area contributed by atoms with Crippen molar-refractivity contribution in [1.29, 1.82) is 0 Å². The summed E-state index contributed by atoms with van der Waals surface area (Å²) in [6.45, 7) is 2.10. The predicted octanol–water partition coefficient (Wildman–Crippen LogP) is 4.92. The van der Waals surface area contributed by atoms with Gasteiger partial charge in [0.2, 0.25) is 0 Å². The molecule has 0 fully saturated rings. The van der Waals surface area contributed by atoms with Crippen LogP contribution >= 0.6 is 0 Å². The van der Waals surface area contributed by atoms with E-state index >= 15 is 0 Å². The smallest absolute Gasteiger partial charge is 0.161 e. The van der Waals surface area contributed by atoms with E-state index in [0.717, 1.165) is 29.0 Å². The average Bonchev–Trinajstić information content (AvgIpc) is 3.06. The number of hydrogen-bond acceptors (Lipinski definition) is 3. The van der Waals surface area contributed by atoms with Crippen LogP contribution in [0.15, 0.2) is 66.9 Å². The summed E-state index contributed by atoms with van der Waals surface area (Å²) in [5.74, 6) is 1.42. The Kier molecular flexibility index (Phi) is 4.55. The lowest BCUT2D eigenvalue weighted by molar-refractivity contribution is 0.355. The van der Waals surface area contributed by atoms with Gasteiger partial charge < -0.3 is 13.9 Å². The molecule has 0 aliphatic rings. The highest BCUT2D eigenvalue weighted by Gasteiger charge is 2.16. The van der Waals surface area contributed by atoms with Gasteiger partial charge >= 0.3 is 0 Å². The molecule has 0 amide bonds. The fourth-order valence-corrected chi connectivity index (χ4v) is 3.37. The van der Waals surface area contributed by atoms with Crippen LogP contribution in [-0.4, -0.2) is 23.6 Å². The van der Waals surface area contributed by atoms with Crippen molar-refractivity contribution >= 4 is 5.65 Å². The van der Waals surface area contributed by atoms with Crippen molar-refractivity contribution in [3.63, 3.8) is 0 Å². The Morgan fingerprint density at radius 1 is 0.889 bits per heavy atom. The van der Waals surface area contributed by atoms with Gasteiger partial charge in [-0.2, -0.15) is 0 Å². The molecule has 27 heavy (non-hydrogen) atoms. The van der Waals surface area contributed by atoms with E-state index in [1.54, 1.807) is 14.2 Å². The molecule has 2 aromatic heterocycles. The highest BCUT2D eigenvalue weighted by atomic mass is 16.5. The summed E-state index contributed by atoms with van der Waals surface area (Å²) in [6, 6.07) is 20.6. The molecule has 0 atom stereocenters. The summed E-state index contributed by atoms with van der Waals surface area (Å²) < 4.78 is 13.1. The molecule has 0 unspecified atom stereocenters. The first-order valence-corrected chi connectivity index (χ1v) is 8.93. The van der Waals surface area contributed by atoms with Crippen LogP contribution < -0.4 is 9.47 Å². The fraction of sp³-hybridized carbons (Fsp3) is 0.174. The molecule has 2 aromatic carbocycles. The monoisotopic (exact) mass is 358 g/mol.